The van der Waals surface area contributed by atoms with E-state index in [9.17, 15) is 18.3 Å². The fourth-order valence-electron chi connectivity index (χ4n) is 3.66. The lowest BCUT2D eigenvalue weighted by atomic mass is 9.84. The number of alkyl halides is 3. The minimum Gasteiger partial charge on any atom is -0.484 e. The number of ether oxygens (including phenoxy) is 1. The molecule has 1 aliphatic carbocycles. The Morgan fingerprint density at radius 3 is 2.50 bits per heavy atom. The number of benzene rings is 1. The summed E-state index contributed by atoms with van der Waals surface area (Å²) in [5.41, 5.74) is 2.65. The highest BCUT2D eigenvalue weighted by molar-refractivity contribution is 7.18. The van der Waals surface area contributed by atoms with Crippen LogP contribution in [0.15, 0.2) is 18.2 Å². The van der Waals surface area contributed by atoms with Gasteiger partial charge in [-0.1, -0.05) is 32.1 Å². The molecular formula is C22H25F3N4O2S. The third-order valence-corrected chi connectivity index (χ3v) is 6.27. The molecule has 2 heterocycles. The SMILES string of the molecule is Cc1cc(-c2nnc(NC3CC(O)C3)s2)nc2c(C(C)(C)C)cc(OCC(F)(F)F)cc12. The number of anilines is 1. The van der Waals surface area contributed by atoms with Gasteiger partial charge < -0.3 is 15.2 Å². The van der Waals surface area contributed by atoms with Crippen molar-refractivity contribution < 1.29 is 23.0 Å². The van der Waals surface area contributed by atoms with Gasteiger partial charge >= 0.3 is 6.18 Å². The first-order chi connectivity index (χ1) is 14.9. The molecule has 10 heteroatoms. The Labute approximate surface area is 187 Å². The molecule has 32 heavy (non-hydrogen) atoms. The van der Waals surface area contributed by atoms with E-state index in [0.717, 1.165) is 16.5 Å². The first-order valence-corrected chi connectivity index (χ1v) is 11.1. The number of nitrogens with zero attached hydrogens (tertiary/aromatic N) is 3. The molecule has 1 saturated carbocycles. The second-order valence-corrected chi connectivity index (χ2v) is 10.2. The largest absolute Gasteiger partial charge is 0.484 e. The molecule has 0 saturated heterocycles. The highest BCUT2D eigenvalue weighted by atomic mass is 32.1. The molecule has 0 spiro atoms. The van der Waals surface area contributed by atoms with E-state index < -0.39 is 12.8 Å². The Hall–Kier alpha value is -2.46. The van der Waals surface area contributed by atoms with Crippen LogP contribution in [0.25, 0.3) is 21.6 Å². The lowest BCUT2D eigenvalue weighted by molar-refractivity contribution is -0.153. The summed E-state index contributed by atoms with van der Waals surface area (Å²) < 4.78 is 43.1. The van der Waals surface area contributed by atoms with Crippen molar-refractivity contribution in [2.45, 2.75) is 64.3 Å². The highest BCUT2D eigenvalue weighted by Crippen LogP contribution is 2.37. The number of pyridine rings is 1. The molecule has 2 N–H and O–H groups in total. The lowest BCUT2D eigenvalue weighted by Gasteiger charge is -2.31. The molecule has 1 aromatic carbocycles. The smallest absolute Gasteiger partial charge is 0.422 e. The molecule has 0 radical (unpaired) electrons. The second-order valence-electron chi connectivity index (χ2n) is 9.22. The molecule has 2 aromatic heterocycles. The predicted molar refractivity (Wildman–Crippen MR) is 118 cm³/mol. The van der Waals surface area contributed by atoms with E-state index in [1.807, 2.05) is 33.8 Å². The molecular weight excluding hydrogens is 441 g/mol. The van der Waals surface area contributed by atoms with Crippen LogP contribution >= 0.6 is 11.3 Å². The average Bonchev–Trinajstić information content (AvgIpc) is 3.12. The van der Waals surface area contributed by atoms with E-state index in [2.05, 4.69) is 15.5 Å². The minimum absolute atomic E-state index is 0.169. The lowest BCUT2D eigenvalue weighted by Crippen LogP contribution is -2.38. The van der Waals surface area contributed by atoms with Gasteiger partial charge in [0.15, 0.2) is 11.6 Å². The zero-order valence-corrected chi connectivity index (χ0v) is 19.1. The fourth-order valence-corrected chi connectivity index (χ4v) is 4.44. The van der Waals surface area contributed by atoms with E-state index in [1.165, 1.54) is 11.3 Å². The van der Waals surface area contributed by atoms with Crippen LogP contribution in [0.4, 0.5) is 18.3 Å². The predicted octanol–water partition coefficient (Wildman–Crippen LogP) is 5.24. The molecule has 172 valence electrons. The number of aliphatic hydroxyl groups excluding tert-OH is 1. The molecule has 1 aliphatic rings. The van der Waals surface area contributed by atoms with Gasteiger partial charge in [0.05, 0.1) is 11.6 Å². The summed E-state index contributed by atoms with van der Waals surface area (Å²) in [7, 11) is 0. The summed E-state index contributed by atoms with van der Waals surface area (Å²) in [5.74, 6) is 0.169. The number of hydrogen-bond acceptors (Lipinski definition) is 7. The first kappa shape index (κ1) is 22.7. The number of fused-ring (bicyclic) bond motifs is 1. The van der Waals surface area contributed by atoms with Crippen molar-refractivity contribution in [1.82, 2.24) is 15.2 Å². The normalized spacial score (nSPS) is 19.1. The minimum atomic E-state index is -4.41. The van der Waals surface area contributed by atoms with Gasteiger partial charge in [0, 0.05) is 11.4 Å². The molecule has 0 amide bonds. The number of aliphatic hydroxyl groups is 1. The van der Waals surface area contributed by atoms with Gasteiger partial charge in [-0.25, -0.2) is 4.98 Å². The van der Waals surface area contributed by atoms with Gasteiger partial charge in [-0.05, 0) is 54.5 Å². The molecule has 4 rings (SSSR count). The van der Waals surface area contributed by atoms with Gasteiger partial charge in [0.1, 0.15) is 11.4 Å². The van der Waals surface area contributed by atoms with Crippen molar-refractivity contribution in [1.29, 1.82) is 0 Å². The van der Waals surface area contributed by atoms with Crippen LogP contribution in [0.1, 0.15) is 44.7 Å². The standard InChI is InChI=1S/C22H25F3N4O2S/c1-11-5-17(19-28-29-20(32-19)26-12-6-13(30)7-12)27-18-15(11)8-14(31-10-22(23,24)25)9-16(18)21(2,3)4/h5,8-9,12-13,30H,6-7,10H2,1-4H3,(H,26,29). The van der Waals surface area contributed by atoms with Gasteiger partial charge in [-0.3, -0.25) is 0 Å². The summed E-state index contributed by atoms with van der Waals surface area (Å²) in [6, 6.07) is 5.30. The van der Waals surface area contributed by atoms with Gasteiger partial charge in [0.25, 0.3) is 0 Å². The zero-order chi connectivity index (χ0) is 23.3. The fraction of sp³-hybridized carbons (Fsp3) is 0.500. The molecule has 3 aromatic rings. The van der Waals surface area contributed by atoms with Crippen molar-refractivity contribution in [2.24, 2.45) is 0 Å². The van der Waals surface area contributed by atoms with Crippen LogP contribution < -0.4 is 10.1 Å². The van der Waals surface area contributed by atoms with Crippen LogP contribution in [0, 0.1) is 6.92 Å². The monoisotopic (exact) mass is 466 g/mol. The zero-order valence-electron chi connectivity index (χ0n) is 18.2. The molecule has 0 unspecified atom stereocenters. The number of aryl methyl sites for hydroxylation is 1. The maximum absolute atomic E-state index is 12.7. The van der Waals surface area contributed by atoms with Gasteiger partial charge in [0.2, 0.25) is 5.13 Å². The van der Waals surface area contributed by atoms with Crippen LogP contribution in [0.3, 0.4) is 0 Å². The molecule has 1 fully saturated rings. The number of nitrogens with one attached hydrogen (secondary N) is 1. The summed E-state index contributed by atoms with van der Waals surface area (Å²) in [6.07, 6.45) is -3.29. The van der Waals surface area contributed by atoms with Crippen molar-refractivity contribution in [2.75, 3.05) is 11.9 Å². The van der Waals surface area contributed by atoms with Crippen molar-refractivity contribution in [3.63, 3.8) is 0 Å². The van der Waals surface area contributed by atoms with Crippen LogP contribution in [-0.4, -0.2) is 45.2 Å². The Morgan fingerprint density at radius 1 is 1.16 bits per heavy atom. The van der Waals surface area contributed by atoms with E-state index in [0.29, 0.717) is 34.2 Å². The van der Waals surface area contributed by atoms with E-state index in [4.69, 9.17) is 9.72 Å². The average molecular weight is 467 g/mol. The highest BCUT2D eigenvalue weighted by Gasteiger charge is 2.30. The molecule has 6 nitrogen and oxygen atoms in total. The third-order valence-electron chi connectivity index (χ3n) is 5.39. The Kier molecular flexibility index (Phi) is 5.79. The van der Waals surface area contributed by atoms with Crippen LogP contribution in [0.2, 0.25) is 0 Å². The van der Waals surface area contributed by atoms with E-state index in [-0.39, 0.29) is 23.3 Å². The number of aromatic nitrogens is 3. The van der Waals surface area contributed by atoms with Gasteiger partial charge in [-0.15, -0.1) is 10.2 Å². The topological polar surface area (TPSA) is 80.2 Å². The Balaban J connectivity index is 1.71. The van der Waals surface area contributed by atoms with Crippen molar-refractivity contribution in [3.05, 3.63) is 29.3 Å². The summed E-state index contributed by atoms with van der Waals surface area (Å²) in [6.45, 7) is 6.51. The van der Waals surface area contributed by atoms with Crippen LogP contribution in [0.5, 0.6) is 5.75 Å². The van der Waals surface area contributed by atoms with Crippen molar-refractivity contribution >= 4 is 27.4 Å². The summed E-state index contributed by atoms with van der Waals surface area (Å²) in [5, 5.41) is 23.2. The Bertz CT molecular complexity index is 1130. The quantitative estimate of drug-likeness (QED) is 0.536. The maximum Gasteiger partial charge on any atom is 0.422 e. The summed E-state index contributed by atoms with van der Waals surface area (Å²) >= 11 is 1.38. The van der Waals surface area contributed by atoms with Crippen LogP contribution in [-0.2, 0) is 5.41 Å². The number of hydrogen-bond donors (Lipinski definition) is 2. The molecule has 0 bridgehead atoms. The molecule has 0 aliphatic heterocycles. The Morgan fingerprint density at radius 2 is 1.88 bits per heavy atom. The van der Waals surface area contributed by atoms with E-state index >= 15 is 0 Å². The number of halogens is 3. The number of rotatable bonds is 5. The molecule has 0 atom stereocenters. The van der Waals surface area contributed by atoms with Gasteiger partial charge in [-0.2, -0.15) is 13.2 Å². The first-order valence-electron chi connectivity index (χ1n) is 10.3. The van der Waals surface area contributed by atoms with E-state index in [1.54, 1.807) is 12.1 Å². The second kappa shape index (κ2) is 8.15. The maximum atomic E-state index is 12.7. The summed E-state index contributed by atoms with van der Waals surface area (Å²) in [4.78, 5) is 4.82. The van der Waals surface area contributed by atoms with Crippen molar-refractivity contribution in [3.8, 4) is 16.5 Å². The third kappa shape index (κ3) is 4.96.